The van der Waals surface area contributed by atoms with Crippen LogP contribution in [0.2, 0.25) is 0 Å². The van der Waals surface area contributed by atoms with Crippen molar-refractivity contribution >= 4 is 54.1 Å². The Balaban J connectivity index is 0.000000174. The van der Waals surface area contributed by atoms with Gasteiger partial charge in [-0.1, -0.05) is 49.2 Å². The topological polar surface area (TPSA) is 169 Å². The Kier molecular flexibility index (Phi) is 15.6. The molecule has 8 heterocycles. The number of benzene rings is 2. The van der Waals surface area contributed by atoms with Crippen LogP contribution in [0.15, 0.2) is 92.0 Å². The summed E-state index contributed by atoms with van der Waals surface area (Å²) in [6.45, 7) is 11.7. The molecule has 384 valence electrons. The predicted octanol–water partition coefficient (Wildman–Crippen LogP) is 6.47. The Morgan fingerprint density at radius 2 is 0.871 bits per heavy atom. The van der Waals surface area contributed by atoms with Crippen molar-refractivity contribution in [2.45, 2.75) is 160 Å². The van der Waals surface area contributed by atoms with Crippen molar-refractivity contribution in [1.29, 1.82) is 0 Å². The predicted molar refractivity (Wildman–Crippen MR) is 279 cm³/mol. The lowest BCUT2D eigenvalue weighted by atomic mass is 9.82. The molecule has 0 radical (unpaired) electrons. The lowest BCUT2D eigenvalue weighted by Gasteiger charge is -2.51. The Hall–Kier alpha value is -2.98. The molecule has 10 rings (SSSR count). The summed E-state index contributed by atoms with van der Waals surface area (Å²) in [4.78, 5) is 9.80. The van der Waals surface area contributed by atoms with Gasteiger partial charge in [0.25, 0.3) is 20.0 Å². The van der Waals surface area contributed by atoms with Crippen LogP contribution < -0.4 is 9.80 Å². The highest BCUT2D eigenvalue weighted by molar-refractivity contribution is 7.91. The van der Waals surface area contributed by atoms with Gasteiger partial charge in [-0.3, -0.25) is 9.80 Å². The first kappa shape index (κ1) is 51.9. The zero-order valence-corrected chi connectivity index (χ0v) is 44.4. The first-order valence-electron chi connectivity index (χ1n) is 25.4. The number of sulfonamides is 2. The van der Waals surface area contributed by atoms with E-state index in [2.05, 4.69) is 19.6 Å². The summed E-state index contributed by atoms with van der Waals surface area (Å²) in [5, 5.41) is 45.1. The van der Waals surface area contributed by atoms with E-state index in [4.69, 9.17) is 0 Å². The zero-order valence-electron chi connectivity index (χ0n) is 41.2. The highest BCUT2D eigenvalue weighted by Crippen LogP contribution is 2.38. The summed E-state index contributed by atoms with van der Waals surface area (Å²) < 4.78 is 57.6. The van der Waals surface area contributed by atoms with Gasteiger partial charge in [-0.05, 0) is 137 Å². The second-order valence-electron chi connectivity index (χ2n) is 21.6. The van der Waals surface area contributed by atoms with E-state index in [-0.39, 0.29) is 24.3 Å². The summed E-state index contributed by atoms with van der Waals surface area (Å²) in [6.07, 6.45) is 9.55. The first-order valence-corrected chi connectivity index (χ1v) is 30.0. The quantitative estimate of drug-likeness (QED) is 0.122. The molecule has 6 aliphatic rings. The fraction of sp³-hybridized carbons (Fsp3) is 0.615. The van der Waals surface area contributed by atoms with Gasteiger partial charge in [0, 0.05) is 87.9 Å². The van der Waals surface area contributed by atoms with Gasteiger partial charge in [-0.25, -0.2) is 16.8 Å². The maximum absolute atomic E-state index is 13.4. The van der Waals surface area contributed by atoms with E-state index in [0.717, 1.165) is 87.0 Å². The van der Waals surface area contributed by atoms with Gasteiger partial charge in [0.1, 0.15) is 8.42 Å². The minimum atomic E-state index is -3.52. The Bertz CT molecular complexity index is 2350. The van der Waals surface area contributed by atoms with Crippen LogP contribution in [0.25, 0.3) is 0 Å². The van der Waals surface area contributed by atoms with Crippen LogP contribution in [-0.4, -0.2) is 156 Å². The lowest BCUT2D eigenvalue weighted by molar-refractivity contribution is -0.0308. The molecule has 0 aliphatic carbocycles. The number of nitrogens with zero attached hydrogens (tertiary/aromatic N) is 6. The Labute approximate surface area is 424 Å². The molecule has 0 saturated carbocycles. The van der Waals surface area contributed by atoms with Crippen molar-refractivity contribution in [3.63, 3.8) is 0 Å². The Morgan fingerprint density at radius 3 is 1.17 bits per heavy atom. The van der Waals surface area contributed by atoms with E-state index in [1.807, 2.05) is 59.3 Å². The van der Waals surface area contributed by atoms with Crippen LogP contribution in [0.4, 0.5) is 11.4 Å². The first-order chi connectivity index (χ1) is 33.3. The van der Waals surface area contributed by atoms with Crippen molar-refractivity contribution in [3.05, 3.63) is 94.7 Å². The molecule has 70 heavy (non-hydrogen) atoms. The normalized spacial score (nSPS) is 28.9. The number of aliphatic hydroxyl groups excluding tert-OH is 2. The number of piperidine rings is 4. The summed E-state index contributed by atoms with van der Waals surface area (Å²) in [5.74, 6) is 0. The summed E-state index contributed by atoms with van der Waals surface area (Å²) in [5.41, 5.74) is 2.01. The lowest BCUT2D eigenvalue weighted by Crippen LogP contribution is -2.62. The number of aliphatic hydroxyl groups is 4. The van der Waals surface area contributed by atoms with Crippen molar-refractivity contribution in [1.82, 2.24) is 18.4 Å². The van der Waals surface area contributed by atoms with Gasteiger partial charge >= 0.3 is 0 Å². The third kappa shape index (κ3) is 11.4. The van der Waals surface area contributed by atoms with Crippen LogP contribution in [0.5, 0.6) is 0 Å². The second kappa shape index (κ2) is 21.1. The van der Waals surface area contributed by atoms with Crippen LogP contribution in [0.3, 0.4) is 0 Å². The van der Waals surface area contributed by atoms with Gasteiger partial charge < -0.3 is 30.2 Å². The number of hydrogen-bond acceptors (Lipinski definition) is 14. The minimum absolute atomic E-state index is 0.00446. The van der Waals surface area contributed by atoms with Gasteiger partial charge in [-0.2, -0.15) is 8.61 Å². The second-order valence-corrected chi connectivity index (χ2v) is 27.8. The van der Waals surface area contributed by atoms with Crippen molar-refractivity contribution in [2.24, 2.45) is 0 Å². The summed E-state index contributed by atoms with van der Waals surface area (Å²) in [6, 6.07) is 24.5. The number of thiophene rings is 2. The molecule has 0 amide bonds. The smallest absolute Gasteiger partial charge is 0.252 e. The van der Waals surface area contributed by atoms with Gasteiger partial charge in [0.05, 0.1) is 35.5 Å². The van der Waals surface area contributed by atoms with Crippen molar-refractivity contribution < 1.29 is 37.3 Å². The molecule has 0 spiro atoms. The number of rotatable bonds is 12. The standard InChI is InChI=1S/2C26H37N3O4S2/c2*1-26(2,31)19-8-10-20(11-9-19)28-13-12-27(35(32,33)25-7-4-14-34-25)17-23(28)18-29-21-5-3-6-22(29)16-24(30)15-21/h2*4,7-11,14,21-24,30-31H,3,5-6,12-13,15-18H2,1-2H3/t2*21?,22?,23-,24?/m11/s1. The van der Waals surface area contributed by atoms with Crippen LogP contribution in [0, 0.1) is 0 Å². The molecule has 6 saturated heterocycles. The molecular formula is C52H74N6O8S4. The maximum atomic E-state index is 13.4. The maximum Gasteiger partial charge on any atom is 0.252 e. The summed E-state index contributed by atoms with van der Waals surface area (Å²) in [7, 11) is -7.04. The molecule has 6 aliphatic heterocycles. The number of anilines is 2. The molecule has 4 aromatic rings. The van der Waals surface area contributed by atoms with Gasteiger partial charge in [0.2, 0.25) is 0 Å². The molecule has 4 bridgehead atoms. The number of hydrogen-bond donors (Lipinski definition) is 4. The van der Waals surface area contributed by atoms with Crippen molar-refractivity contribution in [3.8, 4) is 0 Å². The monoisotopic (exact) mass is 1040 g/mol. The molecule has 2 aromatic heterocycles. The number of fused-ring (bicyclic) bond motifs is 4. The zero-order chi connectivity index (χ0) is 49.6. The minimum Gasteiger partial charge on any atom is -0.393 e. The highest BCUT2D eigenvalue weighted by Gasteiger charge is 2.44. The van der Waals surface area contributed by atoms with E-state index in [9.17, 15) is 37.3 Å². The molecule has 2 aromatic carbocycles. The molecule has 6 fully saturated rings. The third-order valence-corrected chi connectivity index (χ3v) is 22.4. The van der Waals surface area contributed by atoms with E-state index >= 15 is 0 Å². The van der Waals surface area contributed by atoms with Crippen LogP contribution >= 0.6 is 22.7 Å². The van der Waals surface area contributed by atoms with Gasteiger partial charge in [0.15, 0.2) is 0 Å². The van der Waals surface area contributed by atoms with Crippen molar-refractivity contribution in [2.75, 3.05) is 62.2 Å². The fourth-order valence-electron chi connectivity index (χ4n) is 12.3. The van der Waals surface area contributed by atoms with E-state index in [1.54, 1.807) is 60.6 Å². The molecule has 18 heteroatoms. The average Bonchev–Trinajstić information content (AvgIpc) is 4.07. The summed E-state index contributed by atoms with van der Waals surface area (Å²) >= 11 is 2.54. The van der Waals surface area contributed by atoms with E-state index in [1.165, 1.54) is 35.5 Å². The highest BCUT2D eigenvalue weighted by atomic mass is 32.3. The fourth-order valence-corrected chi connectivity index (χ4v) is 17.5. The van der Waals surface area contributed by atoms with Crippen LogP contribution in [-0.2, 0) is 31.2 Å². The SMILES string of the molecule is CC(C)(O)c1ccc(N2CCN(S(=O)(=O)c3cccs3)C[C@@H]2CN2C3CCCC2CC(O)C3)cc1.CC(C)(O)c1ccc(N2CCN(S(=O)(=O)c3cccs3)C[C@@H]2CN2C3CCCC2CC(O)C3)cc1. The van der Waals surface area contributed by atoms with E-state index < -0.39 is 31.2 Å². The van der Waals surface area contributed by atoms with Crippen LogP contribution in [0.1, 0.15) is 103 Å². The molecular weight excluding hydrogens is 965 g/mol. The number of piperazine rings is 2. The third-order valence-electron chi connectivity index (χ3n) is 15.9. The largest absolute Gasteiger partial charge is 0.393 e. The average molecular weight is 1040 g/mol. The molecule has 6 atom stereocenters. The molecule has 4 unspecified atom stereocenters. The molecule has 14 nitrogen and oxygen atoms in total. The molecule has 4 N–H and O–H groups in total. The van der Waals surface area contributed by atoms with Gasteiger partial charge in [-0.15, -0.1) is 22.7 Å². The van der Waals surface area contributed by atoms with E-state index in [0.29, 0.717) is 71.9 Å². The Morgan fingerprint density at radius 1 is 0.529 bits per heavy atom.